The average Bonchev–Trinajstić information content (AvgIpc) is 2.18. The predicted molar refractivity (Wildman–Crippen MR) is 62.2 cm³/mol. The zero-order chi connectivity index (χ0) is 11.8. The lowest BCUT2D eigenvalue weighted by Crippen LogP contribution is -2.55. The van der Waals surface area contributed by atoms with Crippen LogP contribution in [0.15, 0.2) is 5.10 Å². The van der Waals surface area contributed by atoms with Crippen LogP contribution >= 0.6 is 11.6 Å². The van der Waals surface area contributed by atoms with Crippen LogP contribution in [0.25, 0.3) is 0 Å². The third kappa shape index (κ3) is 1.84. The van der Waals surface area contributed by atoms with Crippen molar-refractivity contribution in [3.8, 4) is 0 Å². The number of nitrogens with zero attached hydrogens (tertiary/aromatic N) is 2. The molecule has 2 aliphatic rings. The minimum Gasteiger partial charge on any atom is -0.371 e. The molecule has 1 fully saturated rings. The Bertz CT molecular complexity index is 326. The number of aliphatic hydroxyl groups excluding tert-OH is 1. The van der Waals surface area contributed by atoms with E-state index in [0.717, 1.165) is 31.4 Å². The van der Waals surface area contributed by atoms with Gasteiger partial charge < -0.3 is 5.11 Å². The van der Waals surface area contributed by atoms with Crippen LogP contribution in [0.5, 0.6) is 0 Å². The Hall–Kier alpha value is -0.610. The van der Waals surface area contributed by atoms with E-state index in [1.807, 2.05) is 0 Å². The molecule has 1 aliphatic heterocycles. The highest BCUT2D eigenvalue weighted by Crippen LogP contribution is 2.50. The molecule has 1 unspecified atom stereocenters. The number of alkyl halides is 1. The van der Waals surface area contributed by atoms with Gasteiger partial charge in [-0.3, -0.25) is 4.79 Å². The van der Waals surface area contributed by atoms with Crippen LogP contribution < -0.4 is 0 Å². The van der Waals surface area contributed by atoms with E-state index in [4.69, 9.17) is 11.6 Å². The van der Waals surface area contributed by atoms with Crippen LogP contribution in [0.3, 0.4) is 0 Å². The molecule has 90 valence electrons. The van der Waals surface area contributed by atoms with E-state index in [1.54, 1.807) is 0 Å². The molecule has 0 bridgehead atoms. The summed E-state index contributed by atoms with van der Waals surface area (Å²) in [7, 11) is 0. The summed E-state index contributed by atoms with van der Waals surface area (Å²) in [6, 6.07) is 0. The maximum atomic E-state index is 11.4. The molecule has 0 aromatic heterocycles. The number of carbonyl (C=O) groups is 1. The van der Waals surface area contributed by atoms with Crippen LogP contribution in [-0.4, -0.2) is 33.8 Å². The molecule has 1 N–H and O–H groups in total. The molecular weight excluding hydrogens is 228 g/mol. The minimum absolute atomic E-state index is 0.144. The first-order valence-corrected chi connectivity index (χ1v) is 6.23. The van der Waals surface area contributed by atoms with E-state index in [2.05, 4.69) is 5.10 Å². The van der Waals surface area contributed by atoms with Gasteiger partial charge in [-0.2, -0.15) is 5.10 Å². The average molecular weight is 245 g/mol. The predicted octanol–water partition coefficient (Wildman–Crippen LogP) is 1.71. The van der Waals surface area contributed by atoms with Crippen molar-refractivity contribution in [3.63, 3.8) is 0 Å². The summed E-state index contributed by atoms with van der Waals surface area (Å²) in [5.41, 5.74) is 0.796. The Morgan fingerprint density at radius 1 is 1.69 bits per heavy atom. The van der Waals surface area contributed by atoms with Gasteiger partial charge in [-0.25, -0.2) is 5.01 Å². The SMILES string of the molecule is CC(=O)N1N=C(CCCl)CC2(CCC2)C1O. The third-order valence-corrected chi connectivity index (χ3v) is 3.83. The number of halogens is 1. The van der Waals surface area contributed by atoms with E-state index in [-0.39, 0.29) is 11.3 Å². The van der Waals surface area contributed by atoms with Gasteiger partial charge in [0.25, 0.3) is 0 Å². The van der Waals surface area contributed by atoms with E-state index < -0.39 is 6.23 Å². The maximum absolute atomic E-state index is 11.4. The lowest BCUT2D eigenvalue weighted by Gasteiger charge is -2.50. The van der Waals surface area contributed by atoms with Crippen molar-refractivity contribution < 1.29 is 9.90 Å². The van der Waals surface area contributed by atoms with Crippen molar-refractivity contribution in [2.75, 3.05) is 5.88 Å². The summed E-state index contributed by atoms with van der Waals surface area (Å²) in [6.07, 6.45) is 3.79. The van der Waals surface area contributed by atoms with E-state index in [9.17, 15) is 9.90 Å². The van der Waals surface area contributed by atoms with Gasteiger partial charge in [-0.05, 0) is 19.3 Å². The summed E-state index contributed by atoms with van der Waals surface area (Å²) >= 11 is 5.71. The Kier molecular flexibility index (Phi) is 3.22. The standard InChI is InChI=1S/C11H17ClN2O2/c1-8(15)14-10(16)11(4-2-5-11)7-9(13-14)3-6-12/h10,16H,2-7H2,1H3. The molecule has 1 heterocycles. The van der Waals surface area contributed by atoms with E-state index >= 15 is 0 Å². The van der Waals surface area contributed by atoms with Crippen molar-refractivity contribution >= 4 is 23.2 Å². The van der Waals surface area contributed by atoms with Crippen LogP contribution in [0.1, 0.15) is 39.0 Å². The van der Waals surface area contributed by atoms with Gasteiger partial charge in [0.15, 0.2) is 6.23 Å². The van der Waals surface area contributed by atoms with E-state index in [1.165, 1.54) is 11.9 Å². The number of carbonyl (C=O) groups excluding carboxylic acids is 1. The fraction of sp³-hybridized carbons (Fsp3) is 0.818. The number of aliphatic hydroxyl groups is 1. The summed E-state index contributed by atoms with van der Waals surface area (Å²) < 4.78 is 0. The van der Waals surface area contributed by atoms with Gasteiger partial charge in [0.05, 0.1) is 0 Å². The van der Waals surface area contributed by atoms with Crippen LogP contribution in [0.2, 0.25) is 0 Å². The molecule has 2 rings (SSSR count). The van der Waals surface area contributed by atoms with Crippen LogP contribution in [0.4, 0.5) is 0 Å². The molecule has 0 aromatic rings. The van der Waals surface area contributed by atoms with Crippen molar-refractivity contribution in [1.29, 1.82) is 0 Å². The Balaban J connectivity index is 2.23. The number of amides is 1. The molecule has 5 heteroatoms. The highest BCUT2D eigenvalue weighted by molar-refractivity contribution is 6.19. The molecule has 16 heavy (non-hydrogen) atoms. The molecule has 0 radical (unpaired) electrons. The summed E-state index contributed by atoms with van der Waals surface area (Å²) in [5.74, 6) is 0.307. The van der Waals surface area contributed by atoms with Gasteiger partial charge in [-0.1, -0.05) is 6.42 Å². The molecule has 0 saturated heterocycles. The first-order valence-electron chi connectivity index (χ1n) is 5.69. The van der Waals surface area contributed by atoms with Gasteiger partial charge in [-0.15, -0.1) is 11.6 Å². The lowest BCUT2D eigenvalue weighted by atomic mass is 9.63. The van der Waals surface area contributed by atoms with Crippen molar-refractivity contribution in [2.24, 2.45) is 10.5 Å². The largest absolute Gasteiger partial charge is 0.371 e. The third-order valence-electron chi connectivity index (χ3n) is 3.64. The normalized spacial score (nSPS) is 27.6. The summed E-state index contributed by atoms with van der Waals surface area (Å²) in [5, 5.41) is 15.6. The smallest absolute Gasteiger partial charge is 0.241 e. The lowest BCUT2D eigenvalue weighted by molar-refractivity contribution is -0.164. The number of hydrazone groups is 1. The molecule has 1 amide bonds. The van der Waals surface area contributed by atoms with Crippen molar-refractivity contribution in [3.05, 3.63) is 0 Å². The highest BCUT2D eigenvalue weighted by Gasteiger charge is 2.50. The monoisotopic (exact) mass is 244 g/mol. The zero-order valence-electron chi connectivity index (χ0n) is 9.45. The molecule has 1 atom stereocenters. The summed E-state index contributed by atoms with van der Waals surface area (Å²) in [4.78, 5) is 11.4. The quantitative estimate of drug-likeness (QED) is 0.752. The van der Waals surface area contributed by atoms with Crippen LogP contribution in [0, 0.1) is 5.41 Å². The second-order valence-electron chi connectivity index (χ2n) is 4.74. The molecule has 1 aliphatic carbocycles. The second kappa shape index (κ2) is 4.34. The van der Waals surface area contributed by atoms with Gasteiger partial charge in [0.2, 0.25) is 5.91 Å². The molecule has 1 spiro atoms. The fourth-order valence-electron chi connectivity index (χ4n) is 2.56. The fourth-order valence-corrected chi connectivity index (χ4v) is 2.77. The minimum atomic E-state index is -0.752. The second-order valence-corrected chi connectivity index (χ2v) is 5.11. The maximum Gasteiger partial charge on any atom is 0.241 e. The highest BCUT2D eigenvalue weighted by atomic mass is 35.5. The Morgan fingerprint density at radius 2 is 2.38 bits per heavy atom. The molecule has 1 saturated carbocycles. The number of hydrogen-bond donors (Lipinski definition) is 1. The van der Waals surface area contributed by atoms with Gasteiger partial charge >= 0.3 is 0 Å². The van der Waals surface area contributed by atoms with Gasteiger partial charge in [0, 0.05) is 30.4 Å². The Labute approximate surface area is 100 Å². The van der Waals surface area contributed by atoms with Gasteiger partial charge in [0.1, 0.15) is 0 Å². The molecular formula is C11H17ClN2O2. The zero-order valence-corrected chi connectivity index (χ0v) is 10.2. The topological polar surface area (TPSA) is 52.9 Å². The first kappa shape index (κ1) is 11.9. The molecule has 0 aromatic carbocycles. The van der Waals surface area contributed by atoms with Crippen molar-refractivity contribution in [1.82, 2.24) is 5.01 Å². The number of hydrogen-bond acceptors (Lipinski definition) is 3. The first-order chi connectivity index (χ1) is 7.59. The summed E-state index contributed by atoms with van der Waals surface area (Å²) in [6.45, 7) is 1.43. The van der Waals surface area contributed by atoms with Crippen LogP contribution in [-0.2, 0) is 4.79 Å². The van der Waals surface area contributed by atoms with E-state index in [0.29, 0.717) is 12.3 Å². The molecule has 4 nitrogen and oxygen atoms in total. The van der Waals surface area contributed by atoms with Crippen molar-refractivity contribution in [2.45, 2.75) is 45.3 Å². The number of rotatable bonds is 2. The Morgan fingerprint density at radius 3 is 2.81 bits per heavy atom.